The highest BCUT2D eigenvalue weighted by molar-refractivity contribution is 5.86. The lowest BCUT2D eigenvalue weighted by Gasteiger charge is -2.18. The number of carbonyl (C=O) groups excluding carboxylic acids is 1. The molecule has 1 unspecified atom stereocenters. The molecule has 0 aliphatic heterocycles. The summed E-state index contributed by atoms with van der Waals surface area (Å²) >= 11 is 0. The van der Waals surface area contributed by atoms with Gasteiger partial charge in [-0.1, -0.05) is 18.2 Å². The van der Waals surface area contributed by atoms with Crippen molar-refractivity contribution in [2.24, 2.45) is 5.73 Å². The van der Waals surface area contributed by atoms with Gasteiger partial charge in [-0.3, -0.25) is 4.79 Å². The second-order valence-electron chi connectivity index (χ2n) is 5.60. The normalized spacial score (nSPS) is 17.9. The summed E-state index contributed by atoms with van der Waals surface area (Å²) in [4.78, 5) is 15.2. The van der Waals surface area contributed by atoms with E-state index in [0.29, 0.717) is 6.42 Å². The summed E-state index contributed by atoms with van der Waals surface area (Å²) in [6, 6.07) is 7.35. The third kappa shape index (κ3) is 2.42. The maximum atomic E-state index is 12.1. The summed E-state index contributed by atoms with van der Waals surface area (Å²) < 4.78 is 0. The van der Waals surface area contributed by atoms with Gasteiger partial charge < -0.3 is 21.1 Å². The number of nitrogens with one attached hydrogen (secondary N) is 2. The molecule has 5 heteroatoms. The van der Waals surface area contributed by atoms with Crippen LogP contribution in [0.3, 0.4) is 0 Å². The Morgan fingerprint density at radius 3 is 2.90 bits per heavy atom. The number of amides is 1. The molecule has 1 atom stereocenters. The fraction of sp³-hybridized carbons (Fsp3) is 0.400. The van der Waals surface area contributed by atoms with Gasteiger partial charge in [0.1, 0.15) is 0 Å². The zero-order valence-corrected chi connectivity index (χ0v) is 11.2. The van der Waals surface area contributed by atoms with Crippen LogP contribution in [0.1, 0.15) is 18.4 Å². The van der Waals surface area contributed by atoms with E-state index in [1.54, 1.807) is 0 Å². The first-order valence-corrected chi connectivity index (χ1v) is 6.87. The summed E-state index contributed by atoms with van der Waals surface area (Å²) in [5.41, 5.74) is 7.66. The Morgan fingerprint density at radius 1 is 1.45 bits per heavy atom. The number of hydrogen-bond donors (Lipinski definition) is 4. The standard InChI is InChI=1S/C15H19N3O2/c16-12(14(20)18-15(9-19)5-6-15)7-10-8-17-13-4-2-1-3-11(10)13/h1-4,8,12,17,19H,5-7,9,16H2,(H,18,20). The van der Waals surface area contributed by atoms with Crippen LogP contribution in [0.15, 0.2) is 30.5 Å². The van der Waals surface area contributed by atoms with Crippen LogP contribution in [-0.4, -0.2) is 34.2 Å². The van der Waals surface area contributed by atoms with E-state index < -0.39 is 11.6 Å². The van der Waals surface area contributed by atoms with Crippen LogP contribution in [0, 0.1) is 0 Å². The quantitative estimate of drug-likeness (QED) is 0.645. The van der Waals surface area contributed by atoms with Crippen LogP contribution >= 0.6 is 0 Å². The highest BCUT2D eigenvalue weighted by atomic mass is 16.3. The molecule has 1 aromatic heterocycles. The topological polar surface area (TPSA) is 91.1 Å². The second kappa shape index (κ2) is 4.92. The molecule has 5 N–H and O–H groups in total. The van der Waals surface area contributed by atoms with Gasteiger partial charge in [0.15, 0.2) is 0 Å². The first-order chi connectivity index (χ1) is 9.63. The molecule has 2 aromatic rings. The number of aromatic nitrogens is 1. The average Bonchev–Trinajstić information content (AvgIpc) is 3.13. The zero-order chi connectivity index (χ0) is 14.2. The molecule has 0 spiro atoms. The summed E-state index contributed by atoms with van der Waals surface area (Å²) in [5.74, 6) is -0.193. The van der Waals surface area contributed by atoms with Gasteiger partial charge in [0.2, 0.25) is 5.91 Å². The minimum Gasteiger partial charge on any atom is -0.394 e. The number of benzene rings is 1. The largest absolute Gasteiger partial charge is 0.394 e. The van der Waals surface area contributed by atoms with Crippen LogP contribution < -0.4 is 11.1 Å². The van der Waals surface area contributed by atoms with Gasteiger partial charge in [0.25, 0.3) is 0 Å². The van der Waals surface area contributed by atoms with Crippen molar-refractivity contribution in [3.05, 3.63) is 36.0 Å². The first-order valence-electron chi connectivity index (χ1n) is 6.87. The smallest absolute Gasteiger partial charge is 0.237 e. The minimum atomic E-state index is -0.599. The van der Waals surface area contributed by atoms with Gasteiger partial charge >= 0.3 is 0 Å². The second-order valence-corrected chi connectivity index (χ2v) is 5.60. The number of rotatable bonds is 5. The Balaban J connectivity index is 1.69. The van der Waals surface area contributed by atoms with Crippen molar-refractivity contribution in [2.45, 2.75) is 30.8 Å². The summed E-state index contributed by atoms with van der Waals surface area (Å²) in [7, 11) is 0. The maximum Gasteiger partial charge on any atom is 0.237 e. The molecule has 1 aliphatic carbocycles. The molecule has 1 amide bonds. The van der Waals surface area contributed by atoms with Gasteiger partial charge in [-0.2, -0.15) is 0 Å². The van der Waals surface area contributed by atoms with E-state index >= 15 is 0 Å². The summed E-state index contributed by atoms with van der Waals surface area (Å²) in [6.45, 7) is -0.0153. The number of hydrogen-bond acceptors (Lipinski definition) is 3. The van der Waals surface area contributed by atoms with Crippen LogP contribution in [0.5, 0.6) is 0 Å². The number of carbonyl (C=O) groups is 1. The van der Waals surface area contributed by atoms with E-state index in [9.17, 15) is 9.90 Å². The van der Waals surface area contributed by atoms with Gasteiger partial charge in [-0.05, 0) is 30.9 Å². The molecule has 1 fully saturated rings. The molecule has 1 heterocycles. The molecule has 5 nitrogen and oxygen atoms in total. The number of aromatic amines is 1. The number of para-hydroxylation sites is 1. The molecule has 3 rings (SSSR count). The first kappa shape index (κ1) is 13.1. The van der Waals surface area contributed by atoms with Crippen LogP contribution in [0.25, 0.3) is 10.9 Å². The molecular formula is C15H19N3O2. The Morgan fingerprint density at radius 2 is 2.20 bits per heavy atom. The highest BCUT2D eigenvalue weighted by Gasteiger charge is 2.44. The summed E-state index contributed by atoms with van der Waals surface area (Å²) in [6.07, 6.45) is 4.04. The van der Waals surface area contributed by atoms with E-state index in [0.717, 1.165) is 29.3 Å². The molecule has 1 aromatic carbocycles. The van der Waals surface area contributed by atoms with Crippen molar-refractivity contribution >= 4 is 16.8 Å². The monoisotopic (exact) mass is 273 g/mol. The lowest BCUT2D eigenvalue weighted by molar-refractivity contribution is -0.123. The van der Waals surface area contributed by atoms with Crippen molar-refractivity contribution in [3.63, 3.8) is 0 Å². The number of aliphatic hydroxyl groups excluding tert-OH is 1. The Hall–Kier alpha value is -1.85. The van der Waals surface area contributed by atoms with Crippen molar-refractivity contribution in [3.8, 4) is 0 Å². The van der Waals surface area contributed by atoms with Crippen molar-refractivity contribution in [2.75, 3.05) is 6.61 Å². The van der Waals surface area contributed by atoms with E-state index in [2.05, 4.69) is 10.3 Å². The SMILES string of the molecule is NC(Cc1c[nH]c2ccccc12)C(=O)NC1(CO)CC1. The summed E-state index contributed by atoms with van der Waals surface area (Å²) in [5, 5.41) is 13.2. The Labute approximate surface area is 117 Å². The predicted molar refractivity (Wildman–Crippen MR) is 77.2 cm³/mol. The predicted octanol–water partition coefficient (Wildman–Crippen LogP) is 0.679. The number of H-pyrrole nitrogens is 1. The number of aliphatic hydroxyl groups is 1. The van der Waals surface area contributed by atoms with Crippen molar-refractivity contribution in [1.29, 1.82) is 0 Å². The molecule has 1 saturated carbocycles. The zero-order valence-electron chi connectivity index (χ0n) is 11.2. The van der Waals surface area contributed by atoms with Gasteiger partial charge in [-0.25, -0.2) is 0 Å². The van der Waals surface area contributed by atoms with Gasteiger partial charge in [-0.15, -0.1) is 0 Å². The Bertz CT molecular complexity index is 631. The third-order valence-corrected chi connectivity index (χ3v) is 4.00. The van der Waals surface area contributed by atoms with Gasteiger partial charge in [0.05, 0.1) is 18.2 Å². The highest BCUT2D eigenvalue weighted by Crippen LogP contribution is 2.34. The maximum absolute atomic E-state index is 12.1. The van der Waals surface area contributed by atoms with E-state index in [1.807, 2.05) is 30.5 Å². The molecule has 106 valence electrons. The van der Waals surface area contributed by atoms with Crippen LogP contribution in [-0.2, 0) is 11.2 Å². The van der Waals surface area contributed by atoms with Crippen LogP contribution in [0.4, 0.5) is 0 Å². The average molecular weight is 273 g/mol. The van der Waals surface area contributed by atoms with Crippen LogP contribution in [0.2, 0.25) is 0 Å². The van der Waals surface area contributed by atoms with Crippen molar-refractivity contribution in [1.82, 2.24) is 10.3 Å². The fourth-order valence-corrected chi connectivity index (χ4v) is 2.46. The van der Waals surface area contributed by atoms with E-state index in [1.165, 1.54) is 0 Å². The molecule has 20 heavy (non-hydrogen) atoms. The molecule has 0 radical (unpaired) electrons. The fourth-order valence-electron chi connectivity index (χ4n) is 2.46. The number of fused-ring (bicyclic) bond motifs is 1. The lowest BCUT2D eigenvalue weighted by atomic mass is 10.0. The number of nitrogens with two attached hydrogens (primary N) is 1. The molecular weight excluding hydrogens is 254 g/mol. The molecule has 1 aliphatic rings. The molecule has 0 saturated heterocycles. The Kier molecular flexibility index (Phi) is 3.23. The molecule has 0 bridgehead atoms. The lowest BCUT2D eigenvalue weighted by Crippen LogP contribution is -2.49. The van der Waals surface area contributed by atoms with E-state index in [-0.39, 0.29) is 12.5 Å². The van der Waals surface area contributed by atoms with Gasteiger partial charge in [0, 0.05) is 17.1 Å². The third-order valence-electron chi connectivity index (χ3n) is 4.00. The van der Waals surface area contributed by atoms with E-state index in [4.69, 9.17) is 5.73 Å². The van der Waals surface area contributed by atoms with Crippen molar-refractivity contribution < 1.29 is 9.90 Å². The minimum absolute atomic E-state index is 0.0153.